The molecule has 0 aliphatic heterocycles. The van der Waals surface area contributed by atoms with Crippen LogP contribution in [0.2, 0.25) is 0 Å². The molecule has 0 radical (unpaired) electrons. The van der Waals surface area contributed by atoms with Gasteiger partial charge in [0.05, 0.1) is 0 Å². The Labute approximate surface area is 105 Å². The molecule has 1 rings (SSSR count). The molecule has 2 N–H and O–H groups in total. The minimum absolute atomic E-state index is 0.128. The average Bonchev–Trinajstić information content (AvgIpc) is 2.97. The summed E-state index contributed by atoms with van der Waals surface area (Å²) in [4.78, 5) is 13.8. The van der Waals surface area contributed by atoms with Crippen molar-refractivity contribution in [3.8, 4) is 0 Å². The Bertz CT molecular complexity index is 247. The Morgan fingerprint density at radius 3 is 2.53 bits per heavy atom. The number of hydrogen-bond acceptors (Lipinski definition) is 3. The summed E-state index contributed by atoms with van der Waals surface area (Å²) in [7, 11) is 4.12. The molecule has 1 aliphatic rings. The normalized spacial score (nSPS) is 16.3. The summed E-state index contributed by atoms with van der Waals surface area (Å²) >= 11 is 0. The van der Waals surface area contributed by atoms with Crippen molar-refractivity contribution in [2.45, 2.75) is 39.2 Å². The third-order valence-corrected chi connectivity index (χ3v) is 2.87. The fourth-order valence-corrected chi connectivity index (χ4v) is 2.02. The molecule has 1 saturated carbocycles. The first-order valence-electron chi connectivity index (χ1n) is 6.54. The maximum atomic E-state index is 11.6. The van der Waals surface area contributed by atoms with E-state index in [-0.39, 0.29) is 11.3 Å². The lowest BCUT2D eigenvalue weighted by Gasteiger charge is -2.28. The Balaban J connectivity index is 2.08. The quantitative estimate of drug-likeness (QED) is 0.662. The van der Waals surface area contributed by atoms with Crippen LogP contribution >= 0.6 is 0 Å². The lowest BCUT2D eigenvalue weighted by molar-refractivity contribution is -0.121. The summed E-state index contributed by atoms with van der Waals surface area (Å²) in [5.41, 5.74) is 0.128. The maximum absolute atomic E-state index is 11.6. The first kappa shape index (κ1) is 14.5. The van der Waals surface area contributed by atoms with E-state index in [9.17, 15) is 4.79 Å². The Morgan fingerprint density at radius 2 is 2.00 bits per heavy atom. The molecule has 0 aromatic rings. The molecule has 0 bridgehead atoms. The SMILES string of the molecule is CN(C)CC(C)(C)CNC(=O)CCNC1CC1. The fourth-order valence-electron chi connectivity index (χ4n) is 2.02. The standard InChI is InChI=1S/C13H27N3O/c1-13(2,10-16(3)4)9-15-12(17)7-8-14-11-5-6-11/h11,14H,5-10H2,1-4H3,(H,15,17). The van der Waals surface area contributed by atoms with Crippen LogP contribution < -0.4 is 10.6 Å². The van der Waals surface area contributed by atoms with Gasteiger partial charge in [0.1, 0.15) is 0 Å². The minimum Gasteiger partial charge on any atom is -0.355 e. The van der Waals surface area contributed by atoms with E-state index in [1.807, 2.05) is 0 Å². The summed E-state index contributed by atoms with van der Waals surface area (Å²) in [6.45, 7) is 6.89. The summed E-state index contributed by atoms with van der Waals surface area (Å²) in [5, 5.41) is 6.36. The van der Waals surface area contributed by atoms with Crippen LogP contribution in [0.25, 0.3) is 0 Å². The number of nitrogens with one attached hydrogen (secondary N) is 2. The summed E-state index contributed by atoms with van der Waals surface area (Å²) in [6.07, 6.45) is 3.14. The highest BCUT2D eigenvalue weighted by Crippen LogP contribution is 2.18. The Hall–Kier alpha value is -0.610. The molecule has 0 atom stereocenters. The van der Waals surface area contributed by atoms with Gasteiger partial charge in [0.2, 0.25) is 5.91 Å². The van der Waals surface area contributed by atoms with Crippen molar-refractivity contribution < 1.29 is 4.79 Å². The molecule has 0 aromatic carbocycles. The molecule has 0 unspecified atom stereocenters. The second-order valence-electron chi connectivity index (χ2n) is 6.16. The van der Waals surface area contributed by atoms with Crippen molar-refractivity contribution in [3.63, 3.8) is 0 Å². The summed E-state index contributed by atoms with van der Waals surface area (Å²) in [5.74, 6) is 0.157. The summed E-state index contributed by atoms with van der Waals surface area (Å²) in [6, 6.07) is 0.688. The number of carbonyl (C=O) groups is 1. The number of carbonyl (C=O) groups excluding carboxylic acids is 1. The van der Waals surface area contributed by atoms with Crippen molar-refractivity contribution >= 4 is 5.91 Å². The van der Waals surface area contributed by atoms with Crippen LogP contribution in [0.15, 0.2) is 0 Å². The van der Waals surface area contributed by atoms with E-state index in [1.165, 1.54) is 12.8 Å². The molecule has 4 nitrogen and oxygen atoms in total. The minimum atomic E-state index is 0.128. The topological polar surface area (TPSA) is 44.4 Å². The third kappa shape index (κ3) is 7.34. The molecule has 0 spiro atoms. The van der Waals surface area contributed by atoms with Gasteiger partial charge >= 0.3 is 0 Å². The van der Waals surface area contributed by atoms with Gasteiger partial charge in [0, 0.05) is 32.1 Å². The molecule has 0 saturated heterocycles. The first-order valence-corrected chi connectivity index (χ1v) is 6.54. The zero-order chi connectivity index (χ0) is 12.9. The van der Waals surface area contributed by atoms with Crippen LogP contribution in [0.4, 0.5) is 0 Å². The molecular weight excluding hydrogens is 214 g/mol. The van der Waals surface area contributed by atoms with Gasteiger partial charge in [0.15, 0.2) is 0 Å². The number of nitrogens with zero attached hydrogens (tertiary/aromatic N) is 1. The molecule has 0 aromatic heterocycles. The largest absolute Gasteiger partial charge is 0.355 e. The Kier molecular flexibility index (Phi) is 5.40. The van der Waals surface area contributed by atoms with E-state index >= 15 is 0 Å². The number of amides is 1. The molecule has 0 heterocycles. The zero-order valence-corrected chi connectivity index (χ0v) is 11.7. The van der Waals surface area contributed by atoms with Gasteiger partial charge in [-0.3, -0.25) is 4.79 Å². The molecule has 1 amide bonds. The van der Waals surface area contributed by atoms with Crippen LogP contribution in [0.3, 0.4) is 0 Å². The monoisotopic (exact) mass is 241 g/mol. The smallest absolute Gasteiger partial charge is 0.221 e. The highest BCUT2D eigenvalue weighted by atomic mass is 16.1. The third-order valence-electron chi connectivity index (χ3n) is 2.87. The van der Waals surface area contributed by atoms with Gasteiger partial charge in [-0.05, 0) is 32.4 Å². The van der Waals surface area contributed by atoms with Crippen molar-refractivity contribution in [1.29, 1.82) is 0 Å². The second kappa shape index (κ2) is 6.36. The average molecular weight is 241 g/mol. The Morgan fingerprint density at radius 1 is 1.35 bits per heavy atom. The fraction of sp³-hybridized carbons (Fsp3) is 0.923. The van der Waals surface area contributed by atoms with E-state index in [4.69, 9.17) is 0 Å². The van der Waals surface area contributed by atoms with Gasteiger partial charge < -0.3 is 15.5 Å². The maximum Gasteiger partial charge on any atom is 0.221 e. The molecule has 17 heavy (non-hydrogen) atoms. The predicted molar refractivity (Wildman–Crippen MR) is 71.0 cm³/mol. The van der Waals surface area contributed by atoms with Crippen LogP contribution in [0.5, 0.6) is 0 Å². The molecule has 100 valence electrons. The van der Waals surface area contributed by atoms with Gasteiger partial charge in [0.25, 0.3) is 0 Å². The van der Waals surface area contributed by atoms with E-state index in [0.29, 0.717) is 12.5 Å². The highest BCUT2D eigenvalue weighted by Gasteiger charge is 2.21. The molecule has 1 fully saturated rings. The molecule has 1 aliphatic carbocycles. The van der Waals surface area contributed by atoms with E-state index in [2.05, 4.69) is 43.5 Å². The van der Waals surface area contributed by atoms with Gasteiger partial charge in [-0.1, -0.05) is 13.8 Å². The zero-order valence-electron chi connectivity index (χ0n) is 11.7. The van der Waals surface area contributed by atoms with Crippen LogP contribution in [-0.2, 0) is 4.79 Å². The van der Waals surface area contributed by atoms with Crippen molar-refractivity contribution in [3.05, 3.63) is 0 Å². The van der Waals surface area contributed by atoms with E-state index < -0.39 is 0 Å². The van der Waals surface area contributed by atoms with E-state index in [1.54, 1.807) is 0 Å². The first-order chi connectivity index (χ1) is 7.89. The predicted octanol–water partition coefficient (Wildman–Crippen LogP) is 0.833. The van der Waals surface area contributed by atoms with Crippen LogP contribution in [0, 0.1) is 5.41 Å². The van der Waals surface area contributed by atoms with Gasteiger partial charge in [-0.15, -0.1) is 0 Å². The van der Waals surface area contributed by atoms with Crippen LogP contribution in [-0.4, -0.2) is 50.6 Å². The summed E-state index contributed by atoms with van der Waals surface area (Å²) < 4.78 is 0. The van der Waals surface area contributed by atoms with Crippen molar-refractivity contribution in [2.24, 2.45) is 5.41 Å². The second-order valence-corrected chi connectivity index (χ2v) is 6.16. The number of rotatable bonds is 8. The highest BCUT2D eigenvalue weighted by molar-refractivity contribution is 5.76. The lowest BCUT2D eigenvalue weighted by atomic mass is 9.93. The van der Waals surface area contributed by atoms with Crippen LogP contribution in [0.1, 0.15) is 33.1 Å². The lowest BCUT2D eigenvalue weighted by Crippen LogP contribution is -2.40. The van der Waals surface area contributed by atoms with Crippen molar-refractivity contribution in [1.82, 2.24) is 15.5 Å². The van der Waals surface area contributed by atoms with Crippen molar-refractivity contribution in [2.75, 3.05) is 33.7 Å². The van der Waals surface area contributed by atoms with E-state index in [0.717, 1.165) is 19.6 Å². The molecular formula is C13H27N3O. The van der Waals surface area contributed by atoms with Gasteiger partial charge in [-0.2, -0.15) is 0 Å². The van der Waals surface area contributed by atoms with Gasteiger partial charge in [-0.25, -0.2) is 0 Å². The molecule has 4 heteroatoms. The number of hydrogen-bond donors (Lipinski definition) is 2.